The van der Waals surface area contributed by atoms with E-state index in [1.54, 1.807) is 3.59 Å². The molecule has 0 spiro atoms. The Hall–Kier alpha value is -0.0913. The van der Waals surface area contributed by atoms with Crippen molar-refractivity contribution in [2.75, 3.05) is 0 Å². The summed E-state index contributed by atoms with van der Waals surface area (Å²) in [6, 6.07) is 8.30. The summed E-state index contributed by atoms with van der Waals surface area (Å²) in [6.07, 6.45) is 11.6. The minimum absolute atomic E-state index is 0.973. The fourth-order valence-corrected chi connectivity index (χ4v) is 24.0. The van der Waals surface area contributed by atoms with E-state index in [2.05, 4.69) is 64.3 Å². The molecule has 0 heterocycles. The molecule has 0 saturated carbocycles. The number of unbranched alkanes of at least 4 members (excludes halogenated alkanes) is 4. The SMILES string of the molecule is CCCC/[C](=C\S(=O)c1ccc(C)cc1)[Sn]([CH2]CCC)([CH2]CCC)[CH2]CCC. The van der Waals surface area contributed by atoms with E-state index in [0.29, 0.717) is 0 Å². The second kappa shape index (κ2) is 14.8. The first-order chi connectivity index (χ1) is 13.5. The second-order valence-electron chi connectivity index (χ2n) is 8.45. The van der Waals surface area contributed by atoms with Gasteiger partial charge in [0.1, 0.15) is 0 Å². The van der Waals surface area contributed by atoms with Crippen molar-refractivity contribution in [1.82, 2.24) is 0 Å². The topological polar surface area (TPSA) is 17.1 Å². The van der Waals surface area contributed by atoms with Gasteiger partial charge in [-0.3, -0.25) is 0 Å². The summed E-state index contributed by atoms with van der Waals surface area (Å²) in [7, 11) is -0.998. The van der Waals surface area contributed by atoms with E-state index in [1.807, 2.05) is 0 Å². The first-order valence-electron chi connectivity index (χ1n) is 11.7. The van der Waals surface area contributed by atoms with Gasteiger partial charge in [0.05, 0.1) is 0 Å². The van der Waals surface area contributed by atoms with Crippen LogP contribution >= 0.6 is 0 Å². The van der Waals surface area contributed by atoms with Crippen LogP contribution in [0, 0.1) is 6.92 Å². The van der Waals surface area contributed by atoms with Crippen molar-refractivity contribution in [2.24, 2.45) is 0 Å². The fourth-order valence-electron chi connectivity index (χ4n) is 4.09. The summed E-state index contributed by atoms with van der Waals surface area (Å²) in [4.78, 5) is 0.973. The monoisotopic (exact) mass is 512 g/mol. The Morgan fingerprint density at radius 1 is 0.821 bits per heavy atom. The van der Waals surface area contributed by atoms with E-state index in [9.17, 15) is 4.21 Å². The molecule has 0 bridgehead atoms. The molecule has 0 amide bonds. The third kappa shape index (κ3) is 8.73. The summed E-state index contributed by atoms with van der Waals surface area (Å²) >= 11 is -2.49. The Kier molecular flexibility index (Phi) is 13.7. The van der Waals surface area contributed by atoms with Gasteiger partial charge in [-0.25, -0.2) is 0 Å². The second-order valence-corrected chi connectivity index (χ2v) is 23.2. The van der Waals surface area contributed by atoms with E-state index in [1.165, 1.54) is 76.7 Å². The van der Waals surface area contributed by atoms with Gasteiger partial charge in [-0.1, -0.05) is 0 Å². The Morgan fingerprint density at radius 2 is 1.29 bits per heavy atom. The van der Waals surface area contributed by atoms with Crippen molar-refractivity contribution in [3.63, 3.8) is 0 Å². The van der Waals surface area contributed by atoms with Gasteiger partial charge in [-0.05, 0) is 0 Å². The molecule has 1 aromatic carbocycles. The van der Waals surface area contributed by atoms with Gasteiger partial charge >= 0.3 is 183 Å². The molecule has 0 aliphatic rings. The van der Waals surface area contributed by atoms with Crippen LogP contribution in [0.2, 0.25) is 13.3 Å². The van der Waals surface area contributed by atoms with Gasteiger partial charge in [-0.15, -0.1) is 0 Å². The number of rotatable bonds is 15. The molecule has 0 aromatic heterocycles. The van der Waals surface area contributed by atoms with Crippen molar-refractivity contribution >= 4 is 29.2 Å². The number of allylic oxidation sites excluding steroid dienone is 1. The third-order valence-corrected chi connectivity index (χ3v) is 24.1. The number of benzene rings is 1. The Bertz CT molecular complexity index is 569. The maximum absolute atomic E-state index is 13.3. The molecule has 0 radical (unpaired) electrons. The molecule has 0 fully saturated rings. The predicted octanol–water partition coefficient (Wildman–Crippen LogP) is 8.57. The first kappa shape index (κ1) is 25.9. The Morgan fingerprint density at radius 3 is 1.71 bits per heavy atom. The summed E-state index contributed by atoms with van der Waals surface area (Å²) in [5, 5.41) is 2.25. The van der Waals surface area contributed by atoms with Crippen molar-refractivity contribution in [3.8, 4) is 0 Å². The van der Waals surface area contributed by atoms with Crippen molar-refractivity contribution in [2.45, 2.75) is 111 Å². The molecular formula is C25H44OSSn. The summed E-state index contributed by atoms with van der Waals surface area (Å²) < 4.78 is 19.4. The molecule has 0 saturated heterocycles. The van der Waals surface area contributed by atoms with Gasteiger partial charge in [0.25, 0.3) is 0 Å². The van der Waals surface area contributed by atoms with Crippen LogP contribution < -0.4 is 0 Å². The quantitative estimate of drug-likeness (QED) is 0.216. The number of hydrogen-bond donors (Lipinski definition) is 0. The van der Waals surface area contributed by atoms with Crippen LogP contribution in [-0.4, -0.2) is 22.6 Å². The zero-order valence-electron chi connectivity index (χ0n) is 19.2. The van der Waals surface area contributed by atoms with Crippen LogP contribution in [0.25, 0.3) is 0 Å². The zero-order valence-corrected chi connectivity index (χ0v) is 22.9. The normalized spacial score (nSPS) is 13.7. The maximum atomic E-state index is 13.3. The van der Waals surface area contributed by atoms with E-state index < -0.39 is 29.2 Å². The minimum atomic E-state index is -2.49. The van der Waals surface area contributed by atoms with Crippen LogP contribution in [0.3, 0.4) is 0 Å². The molecule has 1 aromatic rings. The zero-order chi connectivity index (χ0) is 20.8. The first-order valence-corrected chi connectivity index (χ1v) is 20.4. The predicted molar refractivity (Wildman–Crippen MR) is 130 cm³/mol. The van der Waals surface area contributed by atoms with E-state index in [-0.39, 0.29) is 0 Å². The fraction of sp³-hybridized carbons (Fsp3) is 0.680. The van der Waals surface area contributed by atoms with E-state index >= 15 is 0 Å². The van der Waals surface area contributed by atoms with Crippen LogP contribution in [0.5, 0.6) is 0 Å². The summed E-state index contributed by atoms with van der Waals surface area (Å²) in [5.74, 6) is 0. The summed E-state index contributed by atoms with van der Waals surface area (Å²) in [5.41, 5.74) is 1.23. The van der Waals surface area contributed by atoms with Gasteiger partial charge in [-0.2, -0.15) is 0 Å². The molecule has 3 heteroatoms. The van der Waals surface area contributed by atoms with Crippen LogP contribution in [-0.2, 0) is 10.8 Å². The van der Waals surface area contributed by atoms with Gasteiger partial charge in [0.15, 0.2) is 0 Å². The molecular weight excluding hydrogens is 467 g/mol. The van der Waals surface area contributed by atoms with Gasteiger partial charge in [0.2, 0.25) is 0 Å². The molecule has 28 heavy (non-hydrogen) atoms. The Balaban J connectivity index is 3.30. The van der Waals surface area contributed by atoms with Gasteiger partial charge < -0.3 is 0 Å². The van der Waals surface area contributed by atoms with Crippen molar-refractivity contribution in [1.29, 1.82) is 0 Å². The van der Waals surface area contributed by atoms with Crippen LogP contribution in [0.1, 0.15) is 91.0 Å². The molecule has 0 aliphatic carbocycles. The standard InChI is InChI=1S/C13H17OS.3C4H9.Sn/c1-3-4-5-6-11-15(14)13-9-7-12(2)8-10-13;3*1-3-4-2;/h7-11H,3-5H2,1-2H3;3*1,3-4H2,2H3;. The number of hydrogen-bond acceptors (Lipinski definition) is 1. The molecule has 1 nitrogen and oxygen atoms in total. The molecule has 0 N–H and O–H groups in total. The van der Waals surface area contributed by atoms with E-state index in [4.69, 9.17) is 0 Å². The third-order valence-electron chi connectivity index (χ3n) is 6.01. The average molecular weight is 511 g/mol. The molecule has 160 valence electrons. The molecule has 1 unspecified atom stereocenters. The Labute approximate surface area is 182 Å². The molecule has 0 aliphatic heterocycles. The number of aryl methyl sites for hydroxylation is 1. The van der Waals surface area contributed by atoms with Gasteiger partial charge in [0, 0.05) is 0 Å². The van der Waals surface area contributed by atoms with E-state index in [0.717, 1.165) is 4.90 Å². The molecule has 1 rings (SSSR count). The van der Waals surface area contributed by atoms with Crippen LogP contribution in [0.4, 0.5) is 0 Å². The van der Waals surface area contributed by atoms with Crippen LogP contribution in [0.15, 0.2) is 38.2 Å². The molecule has 1 atom stereocenters. The average Bonchev–Trinajstić information content (AvgIpc) is 2.71. The van der Waals surface area contributed by atoms with Crippen molar-refractivity contribution in [3.05, 3.63) is 38.8 Å². The van der Waals surface area contributed by atoms with Crippen molar-refractivity contribution < 1.29 is 4.21 Å². The summed E-state index contributed by atoms with van der Waals surface area (Å²) in [6.45, 7) is 11.4.